The Kier molecular flexibility index (Phi) is 7.94. The van der Waals surface area contributed by atoms with Crippen molar-refractivity contribution in [2.75, 3.05) is 13.1 Å². The molecule has 0 bridgehead atoms. The van der Waals surface area contributed by atoms with Crippen LogP contribution in [0, 0.1) is 12.8 Å². The molecule has 0 unspecified atom stereocenters. The average molecular weight is 492 g/mol. The maximum atomic E-state index is 12.8. The highest BCUT2D eigenvalue weighted by Gasteiger charge is 2.32. The molecular weight excluding hydrogens is 462 g/mol. The number of rotatable bonds is 8. The number of nitrogens with zero attached hydrogens (tertiary/aromatic N) is 2. The van der Waals surface area contributed by atoms with Gasteiger partial charge >= 0.3 is 0 Å². The monoisotopic (exact) mass is 491 g/mol. The van der Waals surface area contributed by atoms with Gasteiger partial charge in [-0.05, 0) is 67.3 Å². The van der Waals surface area contributed by atoms with Crippen molar-refractivity contribution in [2.24, 2.45) is 11.0 Å². The van der Waals surface area contributed by atoms with Gasteiger partial charge in [-0.25, -0.2) is 13.8 Å². The molecule has 7 nitrogen and oxygen atoms in total. The Morgan fingerprint density at radius 1 is 1.00 bits per heavy atom. The van der Waals surface area contributed by atoms with Crippen molar-refractivity contribution in [3.05, 3.63) is 95.6 Å². The third-order valence-corrected chi connectivity index (χ3v) is 7.91. The molecule has 35 heavy (non-hydrogen) atoms. The highest BCUT2D eigenvalue weighted by Crippen LogP contribution is 2.24. The van der Waals surface area contributed by atoms with Crippen molar-refractivity contribution in [2.45, 2.75) is 31.3 Å². The lowest BCUT2D eigenvalue weighted by molar-refractivity contribution is -0.126. The van der Waals surface area contributed by atoms with Gasteiger partial charge < -0.3 is 4.74 Å². The lowest BCUT2D eigenvalue weighted by Gasteiger charge is -2.30. The molecule has 1 fully saturated rings. The second kappa shape index (κ2) is 11.3. The number of carbonyl (C=O) groups is 1. The number of hydrogen-bond donors (Lipinski definition) is 1. The van der Waals surface area contributed by atoms with Gasteiger partial charge in [0.05, 0.1) is 11.1 Å². The summed E-state index contributed by atoms with van der Waals surface area (Å²) in [5.74, 6) is 0.282. The van der Waals surface area contributed by atoms with Crippen LogP contribution >= 0.6 is 0 Å². The van der Waals surface area contributed by atoms with E-state index in [0.717, 1.165) is 22.4 Å². The molecule has 0 saturated carbocycles. The first-order chi connectivity index (χ1) is 16.9. The fourth-order valence-corrected chi connectivity index (χ4v) is 5.34. The van der Waals surface area contributed by atoms with Gasteiger partial charge in [0.2, 0.25) is 15.9 Å². The first-order valence-electron chi connectivity index (χ1n) is 11.6. The van der Waals surface area contributed by atoms with Crippen LogP contribution in [0.15, 0.2) is 88.9 Å². The van der Waals surface area contributed by atoms with Gasteiger partial charge in [-0.3, -0.25) is 4.79 Å². The number of nitrogens with one attached hydrogen (secondary N) is 1. The number of aryl methyl sites for hydroxylation is 1. The van der Waals surface area contributed by atoms with Gasteiger partial charge in [0.1, 0.15) is 12.4 Å². The molecule has 0 atom stereocenters. The van der Waals surface area contributed by atoms with Gasteiger partial charge in [-0.1, -0.05) is 48.0 Å². The molecule has 1 heterocycles. The Morgan fingerprint density at radius 3 is 2.31 bits per heavy atom. The minimum Gasteiger partial charge on any atom is -0.489 e. The van der Waals surface area contributed by atoms with E-state index in [2.05, 4.69) is 10.5 Å². The molecule has 3 aromatic carbocycles. The van der Waals surface area contributed by atoms with E-state index in [-0.39, 0.29) is 16.7 Å². The summed E-state index contributed by atoms with van der Waals surface area (Å²) in [6.45, 7) is 3.03. The van der Waals surface area contributed by atoms with Crippen molar-refractivity contribution < 1.29 is 17.9 Å². The van der Waals surface area contributed by atoms with Crippen LogP contribution in [0.25, 0.3) is 0 Å². The molecule has 3 aromatic rings. The zero-order valence-corrected chi connectivity index (χ0v) is 20.4. The number of benzene rings is 3. The quantitative estimate of drug-likeness (QED) is 0.379. The summed E-state index contributed by atoms with van der Waals surface area (Å²) in [6.07, 6.45) is 2.50. The van der Waals surface area contributed by atoms with Gasteiger partial charge in [0.15, 0.2) is 0 Å². The van der Waals surface area contributed by atoms with E-state index in [1.54, 1.807) is 30.5 Å². The van der Waals surface area contributed by atoms with E-state index in [0.29, 0.717) is 32.5 Å². The average Bonchev–Trinajstić information content (AvgIpc) is 2.89. The number of hydrogen-bond acceptors (Lipinski definition) is 5. The third kappa shape index (κ3) is 6.55. The van der Waals surface area contributed by atoms with Crippen LogP contribution < -0.4 is 10.2 Å². The zero-order valence-electron chi connectivity index (χ0n) is 19.6. The Balaban J connectivity index is 1.23. The summed E-state index contributed by atoms with van der Waals surface area (Å²) < 4.78 is 32.9. The number of amides is 1. The van der Waals surface area contributed by atoms with E-state index in [1.807, 2.05) is 61.5 Å². The topological polar surface area (TPSA) is 88.1 Å². The fraction of sp³-hybridized carbons (Fsp3) is 0.259. The molecule has 8 heteroatoms. The van der Waals surface area contributed by atoms with Crippen molar-refractivity contribution in [3.63, 3.8) is 0 Å². The first-order valence-corrected chi connectivity index (χ1v) is 13.0. The number of carbonyl (C=O) groups excluding carboxylic acids is 1. The summed E-state index contributed by atoms with van der Waals surface area (Å²) >= 11 is 0. The normalized spacial score (nSPS) is 15.2. The summed E-state index contributed by atoms with van der Waals surface area (Å²) in [5, 5.41) is 4.07. The predicted octanol–water partition coefficient (Wildman–Crippen LogP) is 4.13. The Labute approximate surface area is 206 Å². The summed E-state index contributed by atoms with van der Waals surface area (Å²) in [7, 11) is -3.54. The second-order valence-corrected chi connectivity index (χ2v) is 10.5. The molecular formula is C27H29N3O4S. The van der Waals surface area contributed by atoms with Crippen molar-refractivity contribution in [3.8, 4) is 5.75 Å². The summed E-state index contributed by atoms with van der Waals surface area (Å²) in [4.78, 5) is 12.8. The van der Waals surface area contributed by atoms with Crippen LogP contribution in [-0.2, 0) is 21.4 Å². The lowest BCUT2D eigenvalue weighted by atomic mass is 9.98. The molecule has 182 valence electrons. The second-order valence-electron chi connectivity index (χ2n) is 8.57. The first kappa shape index (κ1) is 24.6. The molecule has 1 N–H and O–H groups in total. The van der Waals surface area contributed by atoms with Crippen LogP contribution in [0.2, 0.25) is 0 Å². The molecule has 0 aliphatic carbocycles. The maximum Gasteiger partial charge on any atom is 0.243 e. The number of hydrazone groups is 1. The third-order valence-electron chi connectivity index (χ3n) is 6.00. The molecule has 1 saturated heterocycles. The zero-order chi connectivity index (χ0) is 24.7. The maximum absolute atomic E-state index is 12.8. The molecule has 0 aromatic heterocycles. The van der Waals surface area contributed by atoms with E-state index < -0.39 is 10.0 Å². The van der Waals surface area contributed by atoms with Crippen LogP contribution in [0.3, 0.4) is 0 Å². The minimum absolute atomic E-state index is 0.198. The van der Waals surface area contributed by atoms with E-state index in [9.17, 15) is 13.2 Å². The number of ether oxygens (including phenoxy) is 1. The molecule has 4 rings (SSSR count). The molecule has 1 aliphatic rings. The standard InChI is InChI=1S/C27H29N3O4S/c1-21-7-13-26(14-8-21)35(32,33)30-17-15-24(16-18-30)27(31)29-28-19-22-9-11-25(12-10-22)34-20-23-5-3-2-4-6-23/h2-14,19,24H,15-18,20H2,1H3,(H,29,31)/b28-19-. The van der Waals surface area contributed by atoms with Crippen LogP contribution in [0.4, 0.5) is 0 Å². The van der Waals surface area contributed by atoms with Gasteiger partial charge in [0.25, 0.3) is 0 Å². The Morgan fingerprint density at radius 2 is 1.66 bits per heavy atom. The molecule has 0 spiro atoms. The minimum atomic E-state index is -3.54. The van der Waals surface area contributed by atoms with Crippen molar-refractivity contribution in [1.29, 1.82) is 0 Å². The smallest absolute Gasteiger partial charge is 0.243 e. The van der Waals surface area contributed by atoms with Gasteiger partial charge in [-0.2, -0.15) is 9.41 Å². The van der Waals surface area contributed by atoms with E-state index in [4.69, 9.17) is 4.74 Å². The van der Waals surface area contributed by atoms with E-state index in [1.165, 1.54) is 4.31 Å². The number of piperidine rings is 1. The molecule has 1 amide bonds. The van der Waals surface area contributed by atoms with Gasteiger partial charge in [0, 0.05) is 19.0 Å². The lowest BCUT2D eigenvalue weighted by Crippen LogP contribution is -2.42. The van der Waals surface area contributed by atoms with E-state index >= 15 is 0 Å². The van der Waals surface area contributed by atoms with Crippen LogP contribution in [0.5, 0.6) is 5.75 Å². The highest BCUT2D eigenvalue weighted by molar-refractivity contribution is 7.89. The molecule has 1 aliphatic heterocycles. The van der Waals surface area contributed by atoms with Gasteiger partial charge in [-0.15, -0.1) is 0 Å². The Hall–Kier alpha value is -3.49. The largest absolute Gasteiger partial charge is 0.489 e. The number of sulfonamides is 1. The van der Waals surface area contributed by atoms with Crippen LogP contribution in [-0.4, -0.2) is 37.9 Å². The van der Waals surface area contributed by atoms with Crippen LogP contribution in [0.1, 0.15) is 29.5 Å². The Bertz CT molecular complexity index is 1250. The highest BCUT2D eigenvalue weighted by atomic mass is 32.2. The predicted molar refractivity (Wildman–Crippen MR) is 136 cm³/mol. The molecule has 0 radical (unpaired) electrons. The van der Waals surface area contributed by atoms with Crippen molar-refractivity contribution in [1.82, 2.24) is 9.73 Å². The fourth-order valence-electron chi connectivity index (χ4n) is 3.87. The SMILES string of the molecule is Cc1ccc(S(=O)(=O)N2CCC(C(=O)N/N=C\c3ccc(OCc4ccccc4)cc3)CC2)cc1. The van der Waals surface area contributed by atoms with Crippen molar-refractivity contribution >= 4 is 22.1 Å². The summed E-state index contributed by atoms with van der Waals surface area (Å²) in [6, 6.07) is 24.2. The summed E-state index contributed by atoms with van der Waals surface area (Å²) in [5.41, 5.74) is 5.52.